The van der Waals surface area contributed by atoms with Gasteiger partial charge in [0.15, 0.2) is 5.76 Å². The lowest BCUT2D eigenvalue weighted by Gasteiger charge is -1.94. The Balaban J connectivity index is 1.73. The second kappa shape index (κ2) is 5.66. The second-order valence-corrected chi connectivity index (χ2v) is 4.49. The van der Waals surface area contributed by atoms with E-state index in [4.69, 9.17) is 4.52 Å². The van der Waals surface area contributed by atoms with Crippen LogP contribution in [0.15, 0.2) is 47.1 Å². The Morgan fingerprint density at radius 1 is 1.20 bits per heavy atom. The maximum atomic E-state index is 5.35. The molecule has 0 spiro atoms. The van der Waals surface area contributed by atoms with Gasteiger partial charge in [0.25, 0.3) is 0 Å². The van der Waals surface area contributed by atoms with Crippen molar-refractivity contribution in [2.45, 2.75) is 13.1 Å². The Morgan fingerprint density at radius 3 is 2.85 bits per heavy atom. The van der Waals surface area contributed by atoms with Crippen LogP contribution in [0, 0.1) is 0 Å². The van der Waals surface area contributed by atoms with Crippen molar-refractivity contribution in [1.29, 1.82) is 0 Å². The van der Waals surface area contributed by atoms with Crippen LogP contribution in [0.1, 0.15) is 11.4 Å². The van der Waals surface area contributed by atoms with E-state index in [-0.39, 0.29) is 0 Å². The van der Waals surface area contributed by atoms with Crippen LogP contribution >= 0.6 is 0 Å². The standard InChI is InChI=1S/C14H15N5O/c1-15-8-13-10-19(18-16-13)9-12-7-14(20-17-12)11-5-3-2-4-6-11/h2-7,10,15H,8-9H2,1H3. The Labute approximate surface area is 116 Å². The van der Waals surface area contributed by atoms with Crippen molar-refractivity contribution in [1.82, 2.24) is 25.5 Å². The van der Waals surface area contributed by atoms with Gasteiger partial charge in [0, 0.05) is 18.2 Å². The van der Waals surface area contributed by atoms with Crippen molar-refractivity contribution in [3.05, 3.63) is 54.0 Å². The van der Waals surface area contributed by atoms with Crippen LogP contribution in [0.4, 0.5) is 0 Å². The molecule has 0 bridgehead atoms. The molecule has 0 saturated heterocycles. The summed E-state index contributed by atoms with van der Waals surface area (Å²) in [7, 11) is 1.88. The van der Waals surface area contributed by atoms with E-state index in [9.17, 15) is 0 Å². The van der Waals surface area contributed by atoms with Gasteiger partial charge < -0.3 is 9.84 Å². The average molecular weight is 269 g/mol. The lowest BCUT2D eigenvalue weighted by Crippen LogP contribution is -2.05. The van der Waals surface area contributed by atoms with Gasteiger partial charge in [-0.15, -0.1) is 5.10 Å². The van der Waals surface area contributed by atoms with E-state index < -0.39 is 0 Å². The van der Waals surface area contributed by atoms with Crippen LogP contribution in [-0.2, 0) is 13.1 Å². The highest BCUT2D eigenvalue weighted by molar-refractivity contribution is 5.56. The zero-order chi connectivity index (χ0) is 13.8. The smallest absolute Gasteiger partial charge is 0.167 e. The zero-order valence-corrected chi connectivity index (χ0v) is 11.2. The Bertz CT molecular complexity index is 674. The van der Waals surface area contributed by atoms with Gasteiger partial charge in [0.2, 0.25) is 0 Å². The van der Waals surface area contributed by atoms with Crippen molar-refractivity contribution < 1.29 is 4.52 Å². The Morgan fingerprint density at radius 2 is 2.05 bits per heavy atom. The molecule has 102 valence electrons. The van der Waals surface area contributed by atoms with Gasteiger partial charge >= 0.3 is 0 Å². The molecule has 0 unspecified atom stereocenters. The van der Waals surface area contributed by atoms with Gasteiger partial charge in [0.1, 0.15) is 5.69 Å². The maximum absolute atomic E-state index is 5.35. The highest BCUT2D eigenvalue weighted by Gasteiger charge is 2.08. The average Bonchev–Trinajstić information content (AvgIpc) is 3.11. The molecular weight excluding hydrogens is 254 g/mol. The molecule has 3 rings (SSSR count). The molecule has 0 aliphatic carbocycles. The van der Waals surface area contributed by atoms with Gasteiger partial charge in [-0.1, -0.05) is 40.7 Å². The van der Waals surface area contributed by atoms with Gasteiger partial charge in [-0.25, -0.2) is 4.68 Å². The topological polar surface area (TPSA) is 68.8 Å². The highest BCUT2D eigenvalue weighted by atomic mass is 16.5. The zero-order valence-electron chi connectivity index (χ0n) is 11.2. The number of hydrogen-bond donors (Lipinski definition) is 1. The molecule has 1 N–H and O–H groups in total. The number of hydrogen-bond acceptors (Lipinski definition) is 5. The lowest BCUT2D eigenvalue weighted by molar-refractivity contribution is 0.419. The first-order valence-corrected chi connectivity index (χ1v) is 6.40. The molecule has 1 aromatic carbocycles. The summed E-state index contributed by atoms with van der Waals surface area (Å²) in [5, 5.41) is 15.2. The van der Waals surface area contributed by atoms with Crippen molar-refractivity contribution in [3.63, 3.8) is 0 Å². The second-order valence-electron chi connectivity index (χ2n) is 4.49. The molecule has 0 aliphatic heterocycles. The normalized spacial score (nSPS) is 10.8. The van der Waals surface area contributed by atoms with Gasteiger partial charge in [0.05, 0.1) is 18.4 Å². The predicted molar refractivity (Wildman–Crippen MR) is 73.8 cm³/mol. The molecule has 0 amide bonds. The van der Waals surface area contributed by atoms with Gasteiger partial charge in [-0.05, 0) is 7.05 Å². The van der Waals surface area contributed by atoms with Crippen molar-refractivity contribution in [3.8, 4) is 11.3 Å². The van der Waals surface area contributed by atoms with E-state index in [0.717, 1.165) is 22.7 Å². The van der Waals surface area contributed by atoms with E-state index in [2.05, 4.69) is 20.8 Å². The van der Waals surface area contributed by atoms with E-state index >= 15 is 0 Å². The molecule has 2 aromatic heterocycles. The van der Waals surface area contributed by atoms with Gasteiger partial charge in [-0.3, -0.25) is 0 Å². The third kappa shape index (κ3) is 2.75. The van der Waals surface area contributed by atoms with Gasteiger partial charge in [-0.2, -0.15) is 0 Å². The van der Waals surface area contributed by atoms with Crippen molar-refractivity contribution >= 4 is 0 Å². The van der Waals surface area contributed by atoms with E-state index in [1.54, 1.807) is 4.68 Å². The molecule has 2 heterocycles. The fourth-order valence-electron chi connectivity index (χ4n) is 1.97. The minimum Gasteiger partial charge on any atom is -0.356 e. The monoisotopic (exact) mass is 269 g/mol. The first-order valence-electron chi connectivity index (χ1n) is 6.40. The molecule has 3 aromatic rings. The fourth-order valence-corrected chi connectivity index (χ4v) is 1.97. The first-order chi connectivity index (χ1) is 9.85. The fraction of sp³-hybridized carbons (Fsp3) is 0.214. The molecule has 0 aliphatic rings. The summed E-state index contributed by atoms with van der Waals surface area (Å²) in [6.07, 6.45) is 1.90. The largest absolute Gasteiger partial charge is 0.356 e. The molecular formula is C14H15N5O. The summed E-state index contributed by atoms with van der Waals surface area (Å²) >= 11 is 0. The van der Waals surface area contributed by atoms with Crippen molar-refractivity contribution in [2.75, 3.05) is 7.05 Å². The molecule has 6 heteroatoms. The third-order valence-corrected chi connectivity index (χ3v) is 2.89. The Kier molecular flexibility index (Phi) is 3.56. The Hall–Kier alpha value is -2.47. The van der Waals surface area contributed by atoms with E-state index in [0.29, 0.717) is 13.1 Å². The first kappa shape index (κ1) is 12.6. The van der Waals surface area contributed by atoms with Crippen LogP contribution in [0.2, 0.25) is 0 Å². The molecule has 0 atom stereocenters. The third-order valence-electron chi connectivity index (χ3n) is 2.89. The quantitative estimate of drug-likeness (QED) is 0.763. The summed E-state index contributed by atoms with van der Waals surface area (Å²) in [6.45, 7) is 1.25. The number of nitrogens with one attached hydrogen (secondary N) is 1. The maximum Gasteiger partial charge on any atom is 0.167 e. The SMILES string of the molecule is CNCc1cn(Cc2cc(-c3ccccc3)on2)nn1. The number of nitrogens with zero attached hydrogens (tertiary/aromatic N) is 4. The van der Waals surface area contributed by atoms with Crippen LogP contribution in [0.25, 0.3) is 11.3 Å². The minimum absolute atomic E-state index is 0.549. The summed E-state index contributed by atoms with van der Waals surface area (Å²) in [5.41, 5.74) is 2.74. The van der Waals surface area contributed by atoms with E-state index in [1.165, 1.54) is 0 Å². The molecule has 0 saturated carbocycles. The molecule has 6 nitrogen and oxygen atoms in total. The number of rotatable bonds is 5. The van der Waals surface area contributed by atoms with Crippen LogP contribution in [0.3, 0.4) is 0 Å². The molecule has 0 radical (unpaired) electrons. The van der Waals surface area contributed by atoms with Crippen LogP contribution < -0.4 is 5.32 Å². The molecule has 20 heavy (non-hydrogen) atoms. The highest BCUT2D eigenvalue weighted by Crippen LogP contribution is 2.19. The molecule has 0 fully saturated rings. The number of aromatic nitrogens is 4. The van der Waals surface area contributed by atoms with Crippen molar-refractivity contribution in [2.24, 2.45) is 0 Å². The summed E-state index contributed by atoms with van der Waals surface area (Å²) in [4.78, 5) is 0. The summed E-state index contributed by atoms with van der Waals surface area (Å²) < 4.78 is 7.10. The predicted octanol–water partition coefficient (Wildman–Crippen LogP) is 1.70. The van der Waals surface area contributed by atoms with Crippen LogP contribution in [0.5, 0.6) is 0 Å². The summed E-state index contributed by atoms with van der Waals surface area (Å²) in [6, 6.07) is 11.8. The number of benzene rings is 1. The summed E-state index contributed by atoms with van der Waals surface area (Å²) in [5.74, 6) is 0.760. The van der Waals surface area contributed by atoms with Crippen LogP contribution in [-0.4, -0.2) is 27.2 Å². The minimum atomic E-state index is 0.549. The lowest BCUT2D eigenvalue weighted by atomic mass is 10.2. The van der Waals surface area contributed by atoms with E-state index in [1.807, 2.05) is 49.6 Å².